The molecule has 0 amide bonds. The maximum atomic E-state index is 5.93. The molecule has 2 rings (SSSR count). The van der Waals surface area contributed by atoms with E-state index in [2.05, 4.69) is 46.3 Å². The van der Waals surface area contributed by atoms with Gasteiger partial charge >= 0.3 is 0 Å². The van der Waals surface area contributed by atoms with Gasteiger partial charge in [0.2, 0.25) is 0 Å². The van der Waals surface area contributed by atoms with Gasteiger partial charge in [0.1, 0.15) is 0 Å². The summed E-state index contributed by atoms with van der Waals surface area (Å²) in [6.45, 7) is 4.76. The minimum absolute atomic E-state index is 0. The van der Waals surface area contributed by atoms with Gasteiger partial charge in [-0.25, -0.2) is 4.99 Å². The highest BCUT2D eigenvalue weighted by Crippen LogP contribution is 2.04. The summed E-state index contributed by atoms with van der Waals surface area (Å²) in [5, 5.41) is 3.23. The first-order chi connectivity index (χ1) is 9.65. The van der Waals surface area contributed by atoms with Crippen LogP contribution in [0.5, 0.6) is 0 Å². The van der Waals surface area contributed by atoms with Crippen LogP contribution in [0.2, 0.25) is 0 Å². The Morgan fingerprint density at radius 2 is 2.00 bits per heavy atom. The molecule has 21 heavy (non-hydrogen) atoms. The van der Waals surface area contributed by atoms with Crippen molar-refractivity contribution in [3.05, 3.63) is 35.9 Å². The highest BCUT2D eigenvalue weighted by atomic mass is 127. The lowest BCUT2D eigenvalue weighted by Crippen LogP contribution is -2.55. The third kappa shape index (κ3) is 6.19. The Labute approximate surface area is 144 Å². The SMILES string of the molecule is CN1CCN(C)C(CNC(N)=NCc2ccccc2)C1.I. The van der Waals surface area contributed by atoms with Gasteiger partial charge in [0.25, 0.3) is 0 Å². The second kappa shape index (κ2) is 9.22. The smallest absolute Gasteiger partial charge is 0.188 e. The molecule has 1 fully saturated rings. The van der Waals surface area contributed by atoms with Gasteiger partial charge in [-0.2, -0.15) is 0 Å². The van der Waals surface area contributed by atoms with E-state index in [1.807, 2.05) is 18.2 Å². The zero-order valence-corrected chi connectivity index (χ0v) is 15.2. The molecule has 1 atom stereocenters. The standard InChI is InChI=1S/C15H25N5.HI/c1-19-8-9-20(2)14(12-19)11-18-15(16)17-10-13-6-4-3-5-7-13;/h3-7,14H,8-12H2,1-2H3,(H3,16,17,18);1H. The van der Waals surface area contributed by atoms with Crippen LogP contribution >= 0.6 is 24.0 Å². The van der Waals surface area contributed by atoms with Crippen molar-refractivity contribution in [2.45, 2.75) is 12.6 Å². The van der Waals surface area contributed by atoms with Gasteiger partial charge in [0.15, 0.2) is 5.96 Å². The summed E-state index contributed by atoms with van der Waals surface area (Å²) in [5.41, 5.74) is 7.10. The van der Waals surface area contributed by atoms with Crippen LogP contribution in [0.4, 0.5) is 0 Å². The molecule has 1 aliphatic rings. The lowest BCUT2D eigenvalue weighted by molar-refractivity contribution is 0.116. The van der Waals surface area contributed by atoms with E-state index in [0.29, 0.717) is 18.5 Å². The summed E-state index contributed by atoms with van der Waals surface area (Å²) in [4.78, 5) is 9.10. The number of nitrogens with one attached hydrogen (secondary N) is 1. The van der Waals surface area contributed by atoms with Crippen molar-refractivity contribution in [1.82, 2.24) is 15.1 Å². The Morgan fingerprint density at radius 3 is 2.71 bits per heavy atom. The number of nitrogens with two attached hydrogens (primary N) is 1. The lowest BCUT2D eigenvalue weighted by Gasteiger charge is -2.37. The number of benzene rings is 1. The van der Waals surface area contributed by atoms with Gasteiger partial charge < -0.3 is 16.0 Å². The Kier molecular flexibility index (Phi) is 7.98. The number of hydrogen-bond acceptors (Lipinski definition) is 3. The molecule has 118 valence electrons. The van der Waals surface area contributed by atoms with Gasteiger partial charge in [-0.1, -0.05) is 30.3 Å². The summed E-state index contributed by atoms with van der Waals surface area (Å²) in [7, 11) is 4.32. The second-order valence-corrected chi connectivity index (χ2v) is 5.46. The summed E-state index contributed by atoms with van der Waals surface area (Å²) in [6, 6.07) is 10.6. The minimum atomic E-state index is 0. The third-order valence-electron chi connectivity index (χ3n) is 3.77. The number of rotatable bonds is 4. The molecular formula is C15H26IN5. The first-order valence-electron chi connectivity index (χ1n) is 7.11. The number of nitrogens with zero attached hydrogens (tertiary/aromatic N) is 3. The number of hydrogen-bond donors (Lipinski definition) is 2. The van der Waals surface area contributed by atoms with E-state index in [1.165, 1.54) is 5.56 Å². The molecule has 0 saturated carbocycles. The second-order valence-electron chi connectivity index (χ2n) is 5.46. The maximum Gasteiger partial charge on any atom is 0.188 e. The molecule has 1 aliphatic heterocycles. The molecule has 3 N–H and O–H groups in total. The van der Waals surface area contributed by atoms with Crippen molar-refractivity contribution in [2.24, 2.45) is 10.7 Å². The number of likely N-dealkylation sites (N-methyl/N-ethyl adjacent to an activating group) is 2. The average Bonchev–Trinajstić information content (AvgIpc) is 2.47. The maximum absolute atomic E-state index is 5.93. The van der Waals surface area contributed by atoms with E-state index in [1.54, 1.807) is 0 Å². The highest BCUT2D eigenvalue weighted by molar-refractivity contribution is 14.0. The summed E-state index contributed by atoms with van der Waals surface area (Å²) in [6.07, 6.45) is 0. The van der Waals surface area contributed by atoms with Gasteiger partial charge in [-0.3, -0.25) is 4.90 Å². The molecule has 0 bridgehead atoms. The van der Waals surface area contributed by atoms with Crippen molar-refractivity contribution in [1.29, 1.82) is 0 Å². The monoisotopic (exact) mass is 403 g/mol. The van der Waals surface area contributed by atoms with Crippen LogP contribution in [0.15, 0.2) is 35.3 Å². The molecule has 6 heteroatoms. The predicted octanol–water partition coefficient (Wildman–Crippen LogP) is 0.955. The molecule has 0 spiro atoms. The van der Waals surface area contributed by atoms with Gasteiger partial charge in [-0.15, -0.1) is 24.0 Å². The minimum Gasteiger partial charge on any atom is -0.370 e. The number of halogens is 1. The first-order valence-corrected chi connectivity index (χ1v) is 7.11. The Bertz CT molecular complexity index is 437. The Balaban J connectivity index is 0.00000220. The molecule has 0 aliphatic carbocycles. The van der Waals surface area contributed by atoms with Crippen LogP contribution in [-0.2, 0) is 6.54 Å². The molecule has 1 heterocycles. The van der Waals surface area contributed by atoms with Gasteiger partial charge in [-0.05, 0) is 19.7 Å². The lowest BCUT2D eigenvalue weighted by atomic mass is 10.2. The molecule has 1 aromatic rings. The van der Waals surface area contributed by atoms with E-state index in [9.17, 15) is 0 Å². The van der Waals surface area contributed by atoms with Crippen molar-refractivity contribution in [2.75, 3.05) is 40.3 Å². The van der Waals surface area contributed by atoms with E-state index in [4.69, 9.17) is 5.73 Å². The molecule has 0 radical (unpaired) electrons. The molecular weight excluding hydrogens is 377 g/mol. The fourth-order valence-electron chi connectivity index (χ4n) is 2.36. The quantitative estimate of drug-likeness (QED) is 0.447. The predicted molar refractivity (Wildman–Crippen MR) is 99.1 cm³/mol. The zero-order valence-electron chi connectivity index (χ0n) is 12.8. The molecule has 0 aromatic heterocycles. The average molecular weight is 403 g/mol. The van der Waals surface area contributed by atoms with Crippen molar-refractivity contribution >= 4 is 29.9 Å². The van der Waals surface area contributed by atoms with Gasteiger partial charge in [0, 0.05) is 32.2 Å². The number of piperazine rings is 1. The number of guanidine groups is 1. The van der Waals surface area contributed by atoms with Crippen LogP contribution < -0.4 is 11.1 Å². The zero-order chi connectivity index (χ0) is 14.4. The normalized spacial score (nSPS) is 20.9. The molecule has 1 unspecified atom stereocenters. The van der Waals surface area contributed by atoms with E-state index in [-0.39, 0.29) is 24.0 Å². The van der Waals surface area contributed by atoms with Crippen molar-refractivity contribution in [3.8, 4) is 0 Å². The summed E-state index contributed by atoms with van der Waals surface area (Å²) < 4.78 is 0. The molecule has 1 aromatic carbocycles. The fraction of sp³-hybridized carbons (Fsp3) is 0.533. The topological polar surface area (TPSA) is 56.9 Å². The largest absolute Gasteiger partial charge is 0.370 e. The third-order valence-corrected chi connectivity index (χ3v) is 3.77. The number of aliphatic imine (C=N–C) groups is 1. The molecule has 1 saturated heterocycles. The van der Waals surface area contributed by atoms with Crippen molar-refractivity contribution < 1.29 is 0 Å². The first kappa shape index (κ1) is 18.2. The van der Waals surface area contributed by atoms with Crippen LogP contribution in [0.25, 0.3) is 0 Å². The Morgan fingerprint density at radius 1 is 1.29 bits per heavy atom. The summed E-state index contributed by atoms with van der Waals surface area (Å²) in [5.74, 6) is 0.524. The van der Waals surface area contributed by atoms with Crippen molar-refractivity contribution in [3.63, 3.8) is 0 Å². The van der Waals surface area contributed by atoms with Crippen LogP contribution in [0.3, 0.4) is 0 Å². The Hall–Kier alpha value is -0.860. The van der Waals surface area contributed by atoms with Crippen LogP contribution in [0, 0.1) is 0 Å². The van der Waals surface area contributed by atoms with E-state index in [0.717, 1.165) is 26.2 Å². The van der Waals surface area contributed by atoms with Gasteiger partial charge in [0.05, 0.1) is 6.54 Å². The summed E-state index contributed by atoms with van der Waals surface area (Å²) >= 11 is 0. The van der Waals surface area contributed by atoms with E-state index < -0.39 is 0 Å². The van der Waals surface area contributed by atoms with E-state index >= 15 is 0 Å². The fourth-order valence-corrected chi connectivity index (χ4v) is 2.36. The van der Waals surface area contributed by atoms with Crippen LogP contribution in [0.1, 0.15) is 5.56 Å². The molecule has 5 nitrogen and oxygen atoms in total. The highest BCUT2D eigenvalue weighted by Gasteiger charge is 2.21. The van der Waals surface area contributed by atoms with Crippen LogP contribution in [-0.4, -0.2) is 62.1 Å².